The van der Waals surface area contributed by atoms with E-state index in [4.69, 9.17) is 20.9 Å². The maximum Gasteiger partial charge on any atom is 0.407 e. The minimum absolute atomic E-state index is 0.0234. The lowest BCUT2D eigenvalue weighted by atomic mass is 9.94. The summed E-state index contributed by atoms with van der Waals surface area (Å²) in [6, 6.07) is 9.63. The molecular weight excluding hydrogens is 955 g/mol. The van der Waals surface area contributed by atoms with Crippen LogP contribution in [0.3, 0.4) is 0 Å². The number of nitrogens with one attached hydrogen (secondary N) is 4. The lowest BCUT2D eigenvalue weighted by Crippen LogP contribution is -2.54. The predicted octanol–water partition coefficient (Wildman–Crippen LogP) is 5.70. The zero-order valence-electron chi connectivity index (χ0n) is 40.5. The number of aromatic hydroxyl groups is 1. The van der Waals surface area contributed by atoms with Crippen LogP contribution in [0.2, 0.25) is 0 Å². The quantitative estimate of drug-likeness (QED) is 0.0368. The molecule has 5 amide bonds. The number of phenols is 1. The Kier molecular flexibility index (Phi) is 12.8. The second-order valence-electron chi connectivity index (χ2n) is 20.2. The van der Waals surface area contributed by atoms with Crippen molar-refractivity contribution >= 4 is 62.9 Å². The van der Waals surface area contributed by atoms with Gasteiger partial charge in [0, 0.05) is 80.1 Å². The van der Waals surface area contributed by atoms with Crippen molar-refractivity contribution in [1.29, 1.82) is 0 Å². The number of carbonyl (C=O) groups is 5. The molecule has 5 fully saturated rings. The number of anilines is 2. The number of hydrogen-bond donors (Lipinski definition) is 5. The fraction of sp³-hybridized carbons (Fsp3) is 0.407. The van der Waals surface area contributed by atoms with Crippen molar-refractivity contribution in [3.05, 3.63) is 89.1 Å². The standard InChI is InChI=1S/C54H54F2N10O8/c1-3-36-41(55)12-7-30-19-35(67)21-39(44(30)36)46-45(56)47-40(23-59-46)48(64-25-32-8-9-33(26-64)60-32)63-52(62-47)74-28-54-16-15-34(65(54)24-29(2)22-54)27-73-53(72)58-18-6-4-5-17-57-31-10-11-37-38(20-31)51(71)66(50(37)70)42-13-14-43(68)61-49(42)69/h1,7,10-12,19-21,23,32-34,42,57,60,67H,2,4-6,8-9,13-18,22,24-28H2,(H,58,72)(H,61,68,69)/t32?,33?,34-,42?,54-/m0/s1. The number of rotatable bonds is 15. The number of halogens is 2. The number of aromatic nitrogens is 3. The number of pyridine rings is 1. The van der Waals surface area contributed by atoms with Crippen molar-refractivity contribution < 1.29 is 47.3 Å². The molecule has 382 valence electrons. The van der Waals surface area contributed by atoms with Crippen LogP contribution in [-0.4, -0.2) is 135 Å². The normalized spacial score (nSPS) is 23.3. The summed E-state index contributed by atoms with van der Waals surface area (Å²) in [4.78, 5) is 82.6. The molecule has 0 radical (unpaired) electrons. The van der Waals surface area contributed by atoms with E-state index < -0.39 is 52.9 Å². The summed E-state index contributed by atoms with van der Waals surface area (Å²) >= 11 is 0. The Hall–Kier alpha value is -7.76. The van der Waals surface area contributed by atoms with Crippen molar-refractivity contribution in [3.8, 4) is 35.4 Å². The highest BCUT2D eigenvalue weighted by Crippen LogP contribution is 2.45. The third-order valence-electron chi connectivity index (χ3n) is 15.3. The van der Waals surface area contributed by atoms with Crippen molar-refractivity contribution in [3.63, 3.8) is 0 Å². The van der Waals surface area contributed by atoms with Crippen LogP contribution in [0.1, 0.15) is 90.5 Å². The second kappa shape index (κ2) is 19.6. The number of nitrogens with zero attached hydrogens (tertiary/aromatic N) is 6. The number of ether oxygens (including phenoxy) is 2. The fourth-order valence-corrected chi connectivity index (χ4v) is 11.8. The largest absolute Gasteiger partial charge is 0.508 e. The number of hydrogen-bond acceptors (Lipinski definition) is 15. The predicted molar refractivity (Wildman–Crippen MR) is 268 cm³/mol. The number of amides is 5. The first-order valence-electron chi connectivity index (χ1n) is 25.1. The third kappa shape index (κ3) is 8.97. The molecule has 3 unspecified atom stereocenters. The van der Waals surface area contributed by atoms with E-state index >= 15 is 8.78 Å². The average molecular weight is 1010 g/mol. The van der Waals surface area contributed by atoms with Crippen LogP contribution in [0.25, 0.3) is 32.9 Å². The van der Waals surface area contributed by atoms with Crippen LogP contribution in [-0.2, 0) is 14.3 Å². The van der Waals surface area contributed by atoms with Gasteiger partial charge in [-0.3, -0.25) is 39.3 Å². The first-order valence-corrected chi connectivity index (χ1v) is 25.1. The first kappa shape index (κ1) is 48.5. The summed E-state index contributed by atoms with van der Waals surface area (Å²) in [6.45, 7) is 7.47. The lowest BCUT2D eigenvalue weighted by Gasteiger charge is -2.35. The van der Waals surface area contributed by atoms with Gasteiger partial charge in [0.05, 0.1) is 27.6 Å². The van der Waals surface area contributed by atoms with Crippen LogP contribution in [0, 0.1) is 24.0 Å². The van der Waals surface area contributed by atoms with Gasteiger partial charge in [-0.15, -0.1) is 6.42 Å². The molecule has 5 atom stereocenters. The minimum atomic E-state index is -1.03. The number of terminal acetylenes is 1. The highest BCUT2D eigenvalue weighted by atomic mass is 19.1. The summed E-state index contributed by atoms with van der Waals surface area (Å²) in [6.07, 6.45) is 13.2. The highest BCUT2D eigenvalue weighted by molar-refractivity contribution is 6.23. The van der Waals surface area contributed by atoms with Crippen LogP contribution >= 0.6 is 0 Å². The Bertz CT molecular complexity index is 3230. The molecular formula is C54H54F2N10O8. The molecule has 11 rings (SSSR count). The number of benzene rings is 3. The Labute approximate surface area is 424 Å². The second-order valence-corrected chi connectivity index (χ2v) is 20.2. The number of unbranched alkanes of at least 4 members (excludes halogenated alkanes) is 2. The van der Waals surface area contributed by atoms with Gasteiger partial charge in [0.2, 0.25) is 11.8 Å². The van der Waals surface area contributed by atoms with Gasteiger partial charge in [0.15, 0.2) is 5.82 Å². The molecule has 5 N–H and O–H groups in total. The van der Waals surface area contributed by atoms with Gasteiger partial charge in [-0.1, -0.05) is 24.1 Å². The van der Waals surface area contributed by atoms with Gasteiger partial charge in [-0.25, -0.2) is 13.6 Å². The molecule has 6 aliphatic heterocycles. The number of imide groups is 2. The summed E-state index contributed by atoms with van der Waals surface area (Å²) in [5.74, 6) is -0.974. The smallest absolute Gasteiger partial charge is 0.407 e. The molecule has 0 saturated carbocycles. The van der Waals surface area contributed by atoms with E-state index in [2.05, 4.69) is 53.5 Å². The maximum absolute atomic E-state index is 17.2. The molecule has 20 heteroatoms. The number of piperazine rings is 1. The molecule has 8 heterocycles. The van der Waals surface area contributed by atoms with Crippen molar-refractivity contribution in [1.82, 2.24) is 40.7 Å². The zero-order valence-corrected chi connectivity index (χ0v) is 40.5. The number of alkyl carbamates (subject to hydrolysis) is 1. The monoisotopic (exact) mass is 1010 g/mol. The zero-order chi connectivity index (χ0) is 51.4. The number of carbonyl (C=O) groups excluding carboxylic acids is 5. The van der Waals surface area contributed by atoms with Gasteiger partial charge < -0.3 is 35.4 Å². The molecule has 0 aliphatic carbocycles. The van der Waals surface area contributed by atoms with E-state index in [0.717, 1.165) is 49.0 Å². The molecule has 5 saturated heterocycles. The Balaban J connectivity index is 0.705. The summed E-state index contributed by atoms with van der Waals surface area (Å²) in [5.41, 5.74) is 1.41. The summed E-state index contributed by atoms with van der Waals surface area (Å²) in [7, 11) is 0. The molecule has 0 spiro atoms. The molecule has 6 aliphatic rings. The van der Waals surface area contributed by atoms with Crippen LogP contribution in [0.15, 0.2) is 60.8 Å². The van der Waals surface area contributed by atoms with Gasteiger partial charge in [0.1, 0.15) is 47.9 Å². The SMILES string of the molecule is C#Cc1c(F)ccc2cc(O)cc(-c3ncc4c(N5CC6CCC(C5)N6)nc(OC[C@@]56CC[C@@H](COC(=O)NCCCCCNc7ccc8c(c7)C(=O)N(C7CCC(=O)NC7=O)C8=O)N5CC(=C)C6)nc4c3F)c12. The fourth-order valence-electron chi connectivity index (χ4n) is 11.8. The van der Waals surface area contributed by atoms with Crippen molar-refractivity contribution in [2.24, 2.45) is 0 Å². The summed E-state index contributed by atoms with van der Waals surface area (Å²) in [5, 5.41) is 23.7. The van der Waals surface area contributed by atoms with E-state index in [1.807, 2.05) is 0 Å². The Morgan fingerprint density at radius 2 is 1.76 bits per heavy atom. The molecule has 5 aromatic rings. The summed E-state index contributed by atoms with van der Waals surface area (Å²) < 4.78 is 44.5. The maximum atomic E-state index is 17.2. The number of piperidine rings is 1. The van der Waals surface area contributed by atoms with Crippen molar-refractivity contribution in [2.45, 2.75) is 93.9 Å². The van der Waals surface area contributed by atoms with Gasteiger partial charge in [0.25, 0.3) is 11.8 Å². The van der Waals surface area contributed by atoms with E-state index in [-0.39, 0.29) is 94.8 Å². The molecule has 2 bridgehead atoms. The van der Waals surface area contributed by atoms with Gasteiger partial charge >= 0.3 is 12.1 Å². The Morgan fingerprint density at radius 1 is 0.959 bits per heavy atom. The van der Waals surface area contributed by atoms with Crippen molar-refractivity contribution in [2.75, 3.05) is 56.2 Å². The number of phenolic OH excluding ortho intramolecular Hbond substituents is 1. The van der Waals surface area contributed by atoms with Crippen LogP contribution in [0.4, 0.5) is 25.1 Å². The lowest BCUT2D eigenvalue weighted by molar-refractivity contribution is -0.136. The van der Waals surface area contributed by atoms with E-state index in [0.29, 0.717) is 67.8 Å². The van der Waals surface area contributed by atoms with E-state index in [1.165, 1.54) is 30.5 Å². The molecule has 3 aromatic carbocycles. The third-order valence-corrected chi connectivity index (χ3v) is 15.3. The molecule has 18 nitrogen and oxygen atoms in total. The van der Waals surface area contributed by atoms with Gasteiger partial charge in [-0.05, 0) is 99.6 Å². The first-order chi connectivity index (χ1) is 35.8. The minimum Gasteiger partial charge on any atom is -0.508 e. The molecule has 2 aromatic heterocycles. The van der Waals surface area contributed by atoms with Crippen LogP contribution in [0.5, 0.6) is 11.8 Å². The van der Waals surface area contributed by atoms with Gasteiger partial charge in [-0.2, -0.15) is 9.97 Å². The van der Waals surface area contributed by atoms with E-state index in [1.54, 1.807) is 18.2 Å². The number of fused-ring (bicyclic) bond motifs is 6. The van der Waals surface area contributed by atoms with Crippen LogP contribution < -0.4 is 30.9 Å². The Morgan fingerprint density at radius 3 is 2.55 bits per heavy atom. The highest BCUT2D eigenvalue weighted by Gasteiger charge is 2.52. The topological polar surface area (TPSA) is 221 Å². The average Bonchev–Trinajstić information content (AvgIpc) is 4.09. The van der Waals surface area contributed by atoms with E-state index in [9.17, 15) is 29.1 Å². The molecule has 74 heavy (non-hydrogen) atoms.